The lowest BCUT2D eigenvalue weighted by Crippen LogP contribution is -2.46. The number of nitrogens with zero attached hydrogens (tertiary/aromatic N) is 3. The summed E-state index contributed by atoms with van der Waals surface area (Å²) in [4.78, 5) is 19.3. The topological polar surface area (TPSA) is 62.2 Å². The third kappa shape index (κ3) is 4.46. The van der Waals surface area contributed by atoms with E-state index in [1.165, 1.54) is 0 Å². The number of aryl methyl sites for hydroxylation is 1. The molecule has 6 heteroatoms. The van der Waals surface area contributed by atoms with E-state index in [-0.39, 0.29) is 5.91 Å². The van der Waals surface area contributed by atoms with Crippen molar-refractivity contribution >= 4 is 5.91 Å². The van der Waals surface area contributed by atoms with Crippen molar-refractivity contribution in [3.8, 4) is 0 Å². The number of piperazine rings is 1. The SMILES string of the molecule is Cc1cc(C(=O)NCCN2CCNCC2)c(C)n1Cc1ccccn1. The van der Waals surface area contributed by atoms with Crippen LogP contribution in [0.4, 0.5) is 0 Å². The van der Waals surface area contributed by atoms with Gasteiger partial charge in [-0.25, -0.2) is 0 Å². The van der Waals surface area contributed by atoms with Crippen molar-refractivity contribution in [3.63, 3.8) is 0 Å². The molecule has 0 bridgehead atoms. The maximum absolute atomic E-state index is 12.6. The Balaban J connectivity index is 1.60. The highest BCUT2D eigenvalue weighted by Crippen LogP contribution is 2.16. The number of amides is 1. The van der Waals surface area contributed by atoms with Gasteiger partial charge in [-0.1, -0.05) is 6.07 Å². The number of pyridine rings is 1. The van der Waals surface area contributed by atoms with Crippen molar-refractivity contribution in [3.05, 3.63) is 53.1 Å². The first-order valence-corrected chi connectivity index (χ1v) is 8.93. The summed E-state index contributed by atoms with van der Waals surface area (Å²) in [6.45, 7) is 10.5. The zero-order valence-electron chi connectivity index (χ0n) is 15.1. The summed E-state index contributed by atoms with van der Waals surface area (Å²) in [6.07, 6.45) is 1.80. The molecule has 0 spiro atoms. The molecule has 1 aliphatic heterocycles. The van der Waals surface area contributed by atoms with Gasteiger partial charge in [0.15, 0.2) is 0 Å². The van der Waals surface area contributed by atoms with E-state index in [2.05, 4.69) is 25.1 Å². The Labute approximate surface area is 149 Å². The van der Waals surface area contributed by atoms with Crippen LogP contribution in [0.15, 0.2) is 30.5 Å². The van der Waals surface area contributed by atoms with Gasteiger partial charge in [0.25, 0.3) is 5.91 Å². The van der Waals surface area contributed by atoms with Crippen LogP contribution in [0.5, 0.6) is 0 Å². The molecule has 0 aliphatic carbocycles. The van der Waals surface area contributed by atoms with Crippen molar-refractivity contribution in [2.24, 2.45) is 0 Å². The summed E-state index contributed by atoms with van der Waals surface area (Å²) in [5, 5.41) is 6.40. The number of hydrogen-bond donors (Lipinski definition) is 2. The number of rotatable bonds is 6. The van der Waals surface area contributed by atoms with Crippen LogP contribution in [-0.4, -0.2) is 59.6 Å². The third-order valence-corrected chi connectivity index (χ3v) is 4.79. The monoisotopic (exact) mass is 341 g/mol. The van der Waals surface area contributed by atoms with Crippen LogP contribution >= 0.6 is 0 Å². The molecular formula is C19H27N5O. The normalized spacial score (nSPS) is 15.3. The van der Waals surface area contributed by atoms with Gasteiger partial charge in [-0.15, -0.1) is 0 Å². The molecule has 2 aromatic rings. The van der Waals surface area contributed by atoms with Gasteiger partial charge >= 0.3 is 0 Å². The second-order valence-electron chi connectivity index (χ2n) is 6.54. The van der Waals surface area contributed by atoms with Gasteiger partial charge in [0.05, 0.1) is 17.8 Å². The van der Waals surface area contributed by atoms with E-state index < -0.39 is 0 Å². The number of carbonyl (C=O) groups is 1. The molecule has 2 N–H and O–H groups in total. The van der Waals surface area contributed by atoms with Crippen molar-refractivity contribution in [2.45, 2.75) is 20.4 Å². The molecule has 0 unspecified atom stereocenters. The van der Waals surface area contributed by atoms with E-state index >= 15 is 0 Å². The maximum atomic E-state index is 12.6. The fraction of sp³-hybridized carbons (Fsp3) is 0.474. The molecule has 25 heavy (non-hydrogen) atoms. The first-order valence-electron chi connectivity index (χ1n) is 8.93. The molecular weight excluding hydrogens is 314 g/mol. The van der Waals surface area contributed by atoms with E-state index in [1.54, 1.807) is 6.20 Å². The molecule has 1 saturated heterocycles. The fourth-order valence-corrected chi connectivity index (χ4v) is 3.29. The summed E-state index contributed by atoms with van der Waals surface area (Å²) < 4.78 is 2.15. The fourth-order valence-electron chi connectivity index (χ4n) is 3.29. The number of nitrogens with one attached hydrogen (secondary N) is 2. The molecule has 0 atom stereocenters. The van der Waals surface area contributed by atoms with Crippen molar-refractivity contribution in [1.82, 2.24) is 25.1 Å². The van der Waals surface area contributed by atoms with E-state index in [0.29, 0.717) is 13.1 Å². The molecule has 6 nitrogen and oxygen atoms in total. The second kappa shape index (κ2) is 8.27. The standard InChI is InChI=1S/C19H27N5O/c1-15-13-18(16(2)24(15)14-17-5-3-4-6-21-17)19(25)22-9-12-23-10-7-20-8-11-23/h3-6,13,20H,7-12,14H2,1-2H3,(H,22,25). The van der Waals surface area contributed by atoms with Gasteiger partial charge in [0, 0.05) is 56.9 Å². The predicted octanol–water partition coefficient (Wildman–Crippen LogP) is 1.18. The number of hydrogen-bond acceptors (Lipinski definition) is 4. The lowest BCUT2D eigenvalue weighted by molar-refractivity contribution is 0.0946. The van der Waals surface area contributed by atoms with E-state index in [1.807, 2.05) is 38.1 Å². The van der Waals surface area contributed by atoms with E-state index in [9.17, 15) is 4.79 Å². The van der Waals surface area contributed by atoms with Crippen LogP contribution in [0.3, 0.4) is 0 Å². The smallest absolute Gasteiger partial charge is 0.253 e. The largest absolute Gasteiger partial charge is 0.351 e. The Morgan fingerprint density at radius 2 is 2.08 bits per heavy atom. The van der Waals surface area contributed by atoms with Gasteiger partial charge < -0.3 is 15.2 Å². The number of carbonyl (C=O) groups excluding carboxylic acids is 1. The van der Waals surface area contributed by atoms with Gasteiger partial charge in [0.1, 0.15) is 0 Å². The lowest BCUT2D eigenvalue weighted by Gasteiger charge is -2.27. The van der Waals surface area contributed by atoms with Crippen LogP contribution in [0.25, 0.3) is 0 Å². The summed E-state index contributed by atoms with van der Waals surface area (Å²) in [6, 6.07) is 7.88. The lowest BCUT2D eigenvalue weighted by atomic mass is 10.2. The Morgan fingerprint density at radius 1 is 1.28 bits per heavy atom. The molecule has 0 aromatic carbocycles. The van der Waals surface area contributed by atoms with Gasteiger partial charge in [0.2, 0.25) is 0 Å². The minimum Gasteiger partial charge on any atom is -0.351 e. The molecule has 2 aromatic heterocycles. The molecule has 1 aliphatic rings. The third-order valence-electron chi connectivity index (χ3n) is 4.79. The highest BCUT2D eigenvalue weighted by atomic mass is 16.1. The van der Waals surface area contributed by atoms with Crippen LogP contribution in [0.1, 0.15) is 27.4 Å². The minimum atomic E-state index is 0.00973. The average molecular weight is 341 g/mol. The Bertz CT molecular complexity index is 704. The quantitative estimate of drug-likeness (QED) is 0.828. The molecule has 134 valence electrons. The van der Waals surface area contributed by atoms with Gasteiger partial charge in [-0.3, -0.25) is 14.7 Å². The first-order chi connectivity index (χ1) is 12.1. The van der Waals surface area contributed by atoms with E-state index in [4.69, 9.17) is 0 Å². The highest BCUT2D eigenvalue weighted by Gasteiger charge is 2.16. The summed E-state index contributed by atoms with van der Waals surface area (Å²) in [5.74, 6) is 0.00973. The molecule has 0 radical (unpaired) electrons. The average Bonchev–Trinajstić information content (AvgIpc) is 2.92. The Hall–Kier alpha value is -2.18. The molecule has 3 heterocycles. The zero-order valence-corrected chi connectivity index (χ0v) is 15.1. The molecule has 0 saturated carbocycles. The predicted molar refractivity (Wildman–Crippen MR) is 98.9 cm³/mol. The van der Waals surface area contributed by atoms with Gasteiger partial charge in [-0.05, 0) is 32.0 Å². The Morgan fingerprint density at radius 3 is 2.80 bits per heavy atom. The van der Waals surface area contributed by atoms with Crippen molar-refractivity contribution in [1.29, 1.82) is 0 Å². The summed E-state index contributed by atoms with van der Waals surface area (Å²) in [7, 11) is 0. The highest BCUT2D eigenvalue weighted by molar-refractivity contribution is 5.95. The van der Waals surface area contributed by atoms with Crippen molar-refractivity contribution < 1.29 is 4.79 Å². The summed E-state index contributed by atoms with van der Waals surface area (Å²) >= 11 is 0. The van der Waals surface area contributed by atoms with Crippen molar-refractivity contribution in [2.75, 3.05) is 39.3 Å². The van der Waals surface area contributed by atoms with E-state index in [0.717, 1.165) is 55.4 Å². The van der Waals surface area contributed by atoms with Crippen LogP contribution in [-0.2, 0) is 6.54 Å². The Kier molecular flexibility index (Phi) is 5.83. The summed E-state index contributed by atoms with van der Waals surface area (Å²) in [5.41, 5.74) is 3.82. The zero-order chi connectivity index (χ0) is 17.6. The maximum Gasteiger partial charge on any atom is 0.253 e. The molecule has 1 amide bonds. The molecule has 3 rings (SSSR count). The van der Waals surface area contributed by atoms with Crippen LogP contribution < -0.4 is 10.6 Å². The minimum absolute atomic E-state index is 0.00973. The second-order valence-corrected chi connectivity index (χ2v) is 6.54. The van der Waals surface area contributed by atoms with Crippen LogP contribution in [0, 0.1) is 13.8 Å². The first kappa shape index (κ1) is 17.6. The number of aromatic nitrogens is 2. The van der Waals surface area contributed by atoms with Crippen LogP contribution in [0.2, 0.25) is 0 Å². The molecule has 1 fully saturated rings. The van der Waals surface area contributed by atoms with Gasteiger partial charge in [-0.2, -0.15) is 0 Å².